The third-order valence-corrected chi connectivity index (χ3v) is 6.73. The van der Waals surface area contributed by atoms with Gasteiger partial charge in [-0.15, -0.1) is 0 Å². The molecule has 1 aliphatic carbocycles. The van der Waals surface area contributed by atoms with Crippen molar-refractivity contribution in [2.24, 2.45) is 5.41 Å². The van der Waals surface area contributed by atoms with E-state index in [1.54, 1.807) is 14.0 Å². The number of rotatable bonds is 9. The molecule has 1 amide bonds. The van der Waals surface area contributed by atoms with Crippen LogP contribution in [0.25, 0.3) is 5.57 Å². The number of carbonyl (C=O) groups excluding carboxylic acids is 2. The minimum absolute atomic E-state index is 0.0673. The number of hydrogen-bond donors (Lipinski definition) is 2. The zero-order valence-electron chi connectivity index (χ0n) is 21.3. The van der Waals surface area contributed by atoms with Crippen molar-refractivity contribution in [3.63, 3.8) is 0 Å². The van der Waals surface area contributed by atoms with Gasteiger partial charge in [-0.1, -0.05) is 30.8 Å². The van der Waals surface area contributed by atoms with Crippen LogP contribution in [0.5, 0.6) is 11.5 Å². The number of benzene rings is 2. The van der Waals surface area contributed by atoms with Gasteiger partial charge in [-0.05, 0) is 82.1 Å². The molecule has 0 aliphatic heterocycles. The molecule has 0 atom stereocenters. The van der Waals surface area contributed by atoms with Gasteiger partial charge in [0.25, 0.3) is 5.91 Å². The Morgan fingerprint density at radius 2 is 1.69 bits per heavy atom. The molecule has 0 radical (unpaired) electrons. The second-order valence-electron chi connectivity index (χ2n) is 10.3. The third-order valence-electron chi connectivity index (χ3n) is 6.73. The van der Waals surface area contributed by atoms with E-state index in [1.165, 1.54) is 17.0 Å². The highest BCUT2D eigenvalue weighted by atomic mass is 16.5. The number of amides is 1. The molecule has 6 nitrogen and oxygen atoms in total. The van der Waals surface area contributed by atoms with Crippen molar-refractivity contribution in [2.45, 2.75) is 71.9 Å². The zero-order chi connectivity index (χ0) is 25.8. The summed E-state index contributed by atoms with van der Waals surface area (Å²) in [7, 11) is 1.67. The Hall–Kier alpha value is -3.28. The van der Waals surface area contributed by atoms with Crippen LogP contribution in [-0.4, -0.2) is 40.1 Å². The fraction of sp³-hybridized carbons (Fsp3) is 0.448. The van der Waals surface area contributed by atoms with Crippen molar-refractivity contribution in [3.8, 4) is 11.5 Å². The van der Waals surface area contributed by atoms with Crippen LogP contribution >= 0.6 is 0 Å². The van der Waals surface area contributed by atoms with Gasteiger partial charge in [0.05, 0.1) is 11.0 Å². The molecule has 2 aromatic carbocycles. The number of hydrogen-bond acceptors (Lipinski definition) is 5. The van der Waals surface area contributed by atoms with Gasteiger partial charge in [0.15, 0.2) is 0 Å². The summed E-state index contributed by atoms with van der Waals surface area (Å²) in [6, 6.07) is 10.6. The van der Waals surface area contributed by atoms with E-state index in [0.29, 0.717) is 24.1 Å². The Balaban J connectivity index is 1.63. The van der Waals surface area contributed by atoms with E-state index in [1.807, 2.05) is 38.1 Å². The van der Waals surface area contributed by atoms with Gasteiger partial charge >= 0.3 is 5.97 Å². The van der Waals surface area contributed by atoms with E-state index < -0.39 is 5.41 Å². The number of phenolic OH excluding ortho intramolecular Hbond substituents is 2. The molecule has 0 unspecified atom stereocenters. The highest BCUT2D eigenvalue weighted by Crippen LogP contribution is 2.32. The second kappa shape index (κ2) is 11.0. The second-order valence-corrected chi connectivity index (χ2v) is 10.3. The van der Waals surface area contributed by atoms with Crippen LogP contribution in [0.1, 0.15) is 79.9 Å². The molecule has 1 fully saturated rings. The molecular formula is C29H37NO5. The maximum atomic E-state index is 13.0. The summed E-state index contributed by atoms with van der Waals surface area (Å²) in [5.41, 5.74) is 2.60. The molecule has 0 spiro atoms. The van der Waals surface area contributed by atoms with Crippen LogP contribution in [0.3, 0.4) is 0 Å². The van der Waals surface area contributed by atoms with Crippen molar-refractivity contribution < 1.29 is 24.5 Å². The third kappa shape index (κ3) is 6.65. The average molecular weight is 480 g/mol. The first kappa shape index (κ1) is 26.3. The summed E-state index contributed by atoms with van der Waals surface area (Å²) < 4.78 is 5.72. The summed E-state index contributed by atoms with van der Waals surface area (Å²) in [5.74, 6) is -0.873. The average Bonchev–Trinajstić information content (AvgIpc) is 3.30. The van der Waals surface area contributed by atoms with E-state index in [-0.39, 0.29) is 35.0 Å². The van der Waals surface area contributed by atoms with Gasteiger partial charge in [0.2, 0.25) is 0 Å². The smallest absolute Gasteiger partial charge is 0.311 e. The molecule has 35 heavy (non-hydrogen) atoms. The van der Waals surface area contributed by atoms with Crippen LogP contribution in [0.15, 0.2) is 43.0 Å². The molecule has 0 saturated heterocycles. The van der Waals surface area contributed by atoms with E-state index in [4.69, 9.17) is 4.74 Å². The van der Waals surface area contributed by atoms with Gasteiger partial charge in [-0.3, -0.25) is 9.59 Å². The van der Waals surface area contributed by atoms with Crippen molar-refractivity contribution in [1.82, 2.24) is 4.90 Å². The van der Waals surface area contributed by atoms with Crippen LogP contribution in [-0.2, 0) is 22.5 Å². The fourth-order valence-corrected chi connectivity index (χ4v) is 4.40. The van der Waals surface area contributed by atoms with Gasteiger partial charge in [-0.2, -0.15) is 0 Å². The highest BCUT2D eigenvalue weighted by molar-refractivity contribution is 5.98. The highest BCUT2D eigenvalue weighted by Gasteiger charge is 2.32. The van der Waals surface area contributed by atoms with Crippen LogP contribution in [0, 0.1) is 5.41 Å². The molecule has 0 heterocycles. The first-order valence-electron chi connectivity index (χ1n) is 12.2. The summed E-state index contributed by atoms with van der Waals surface area (Å²) in [6.45, 7) is 9.76. The number of esters is 1. The molecular weight excluding hydrogens is 442 g/mol. The Labute approximate surface area is 208 Å². The number of aromatic hydroxyl groups is 2. The summed E-state index contributed by atoms with van der Waals surface area (Å²) in [5, 5.41) is 20.2. The predicted molar refractivity (Wildman–Crippen MR) is 137 cm³/mol. The number of aryl methyl sites for hydroxylation is 1. The lowest BCUT2D eigenvalue weighted by atomic mass is 9.86. The topological polar surface area (TPSA) is 87.1 Å². The lowest BCUT2D eigenvalue weighted by molar-refractivity contribution is -0.159. The lowest BCUT2D eigenvalue weighted by Crippen LogP contribution is -2.30. The molecule has 3 rings (SSSR count). The van der Waals surface area contributed by atoms with Crippen LogP contribution < -0.4 is 0 Å². The van der Waals surface area contributed by atoms with Crippen molar-refractivity contribution in [3.05, 3.63) is 65.2 Å². The largest absolute Gasteiger partial charge is 0.507 e. The van der Waals surface area contributed by atoms with Crippen LogP contribution in [0.4, 0.5) is 0 Å². The molecule has 188 valence electrons. The molecule has 6 heteroatoms. The normalized spacial score (nSPS) is 14.1. The first-order valence-corrected chi connectivity index (χ1v) is 12.2. The van der Waals surface area contributed by atoms with Crippen molar-refractivity contribution in [1.29, 1.82) is 0 Å². The molecule has 1 saturated carbocycles. The van der Waals surface area contributed by atoms with Crippen molar-refractivity contribution in [2.75, 3.05) is 7.05 Å². The molecule has 2 N–H and O–H groups in total. The molecule has 0 aromatic heterocycles. The van der Waals surface area contributed by atoms with Gasteiger partial charge in [0, 0.05) is 25.2 Å². The van der Waals surface area contributed by atoms with Gasteiger partial charge in [-0.25, -0.2) is 0 Å². The number of ether oxygens (including phenoxy) is 1. The maximum Gasteiger partial charge on any atom is 0.311 e. The number of phenols is 2. The summed E-state index contributed by atoms with van der Waals surface area (Å²) >= 11 is 0. The summed E-state index contributed by atoms with van der Waals surface area (Å²) in [4.78, 5) is 27.2. The molecule has 0 bridgehead atoms. The van der Waals surface area contributed by atoms with E-state index in [0.717, 1.165) is 43.2 Å². The van der Waals surface area contributed by atoms with Crippen LogP contribution in [0.2, 0.25) is 0 Å². The van der Waals surface area contributed by atoms with Gasteiger partial charge < -0.3 is 19.8 Å². The number of nitrogens with zero attached hydrogens (tertiary/aromatic N) is 1. The summed E-state index contributed by atoms with van der Waals surface area (Å²) in [6.07, 6.45) is 5.64. The van der Waals surface area contributed by atoms with Crippen molar-refractivity contribution >= 4 is 17.4 Å². The number of carbonyl (C=O) groups is 2. The minimum atomic E-state index is -0.567. The van der Waals surface area contributed by atoms with E-state index in [2.05, 4.69) is 6.58 Å². The number of allylic oxidation sites excluding steroid dienone is 1. The maximum absolute atomic E-state index is 13.0. The first-order chi connectivity index (χ1) is 16.5. The Kier molecular flexibility index (Phi) is 8.26. The Morgan fingerprint density at radius 1 is 1.06 bits per heavy atom. The monoisotopic (exact) mass is 479 g/mol. The molecule has 1 aliphatic rings. The predicted octanol–water partition coefficient (Wildman–Crippen LogP) is 5.85. The molecule has 2 aromatic rings. The quantitative estimate of drug-likeness (QED) is 0.441. The minimum Gasteiger partial charge on any atom is -0.507 e. The van der Waals surface area contributed by atoms with E-state index >= 15 is 0 Å². The SMILES string of the molecule is C=C(C)c1cc(C(=O)N(C)Cc2cccc(CCC(C)(C)C(=O)OC3CCCC3)c2)c(O)cc1O. The standard InChI is InChI=1S/C29H37NO5/c1-19(2)23-16-24(26(32)17-25(23)31)27(33)30(5)18-21-10-8-9-20(15-21)13-14-29(3,4)28(34)35-22-11-6-7-12-22/h8-10,15-17,22,31-32H,1,6-7,11-14,18H2,2-5H3. The Bertz CT molecular complexity index is 1100. The Morgan fingerprint density at radius 3 is 2.34 bits per heavy atom. The van der Waals surface area contributed by atoms with Gasteiger partial charge in [0.1, 0.15) is 17.6 Å². The fourth-order valence-electron chi connectivity index (χ4n) is 4.40. The lowest BCUT2D eigenvalue weighted by Gasteiger charge is -2.25. The van der Waals surface area contributed by atoms with E-state index in [9.17, 15) is 19.8 Å². The zero-order valence-corrected chi connectivity index (χ0v) is 21.3.